The number of aromatic amines is 1. The van der Waals surface area contributed by atoms with Crippen LogP contribution in [-0.4, -0.2) is 121 Å². The van der Waals surface area contributed by atoms with Gasteiger partial charge >= 0.3 is 17.6 Å². The van der Waals surface area contributed by atoms with Crippen LogP contribution in [0.2, 0.25) is 5.04 Å². The van der Waals surface area contributed by atoms with Crippen LogP contribution in [0.4, 0.5) is 11.6 Å². The number of hydrogen-bond acceptors (Lipinski definition) is 18. The van der Waals surface area contributed by atoms with Crippen molar-refractivity contribution in [2.75, 3.05) is 36.6 Å². The van der Waals surface area contributed by atoms with Gasteiger partial charge in [-0.25, -0.2) is 19.4 Å². The van der Waals surface area contributed by atoms with Crippen molar-refractivity contribution in [2.24, 2.45) is 17.8 Å². The van der Waals surface area contributed by atoms with E-state index in [2.05, 4.69) is 60.3 Å². The third kappa shape index (κ3) is 14.4. The molecule has 3 aromatic heterocycles. The van der Waals surface area contributed by atoms with E-state index in [1.807, 2.05) is 36.4 Å². The molecule has 5 heterocycles. The van der Waals surface area contributed by atoms with Gasteiger partial charge < -0.3 is 33.2 Å². The van der Waals surface area contributed by atoms with Crippen LogP contribution in [0.3, 0.4) is 0 Å². The van der Waals surface area contributed by atoms with Gasteiger partial charge in [0.15, 0.2) is 29.7 Å². The molecule has 0 radical (unpaired) electrons. The highest BCUT2D eigenvalue weighted by Gasteiger charge is 2.52. The second kappa shape index (κ2) is 28.2. The molecule has 24 heteroatoms. The number of esters is 2. The van der Waals surface area contributed by atoms with Crippen molar-refractivity contribution < 1.29 is 52.5 Å². The lowest BCUT2D eigenvalue weighted by molar-refractivity contribution is -0.384. The van der Waals surface area contributed by atoms with E-state index in [1.165, 1.54) is 47.1 Å². The zero-order valence-electron chi connectivity index (χ0n) is 49.8. The standard InChI is InChI=1S/C65H70N8O14SSi/c1-41(2)57(76)69-63-68-56-53(58(70-63)82-35-31-42-26-28-45(29-27-42)73(80)81)66-40-72(56)60-55(87-62(78)44-20-12-7-13-21-44)48(38-83-61(77)43-18-10-6-11-19-43)51(86-60)33-37-88-39-49-50(85-59(54(49)75)71-34-30-52(74)67-64(71)79)32-36-84-89(65(3,4)5,46-22-14-8-15-23-46)47-24-16-9-17-25-47/h6-30,34,40-41,48-51,54-55,59-60,75H,31-33,35-39H2,1-5H3,(H,67,74,79)(H,68,69,70,76)/t48-,49-,50-,51-,54-,55-,59-,60-/m1/s1. The smallest absolute Gasteiger partial charge is 0.338 e. The number of H-pyrrole nitrogens is 1. The number of nitro groups is 1. The van der Waals surface area contributed by atoms with Crippen LogP contribution in [0.15, 0.2) is 174 Å². The van der Waals surface area contributed by atoms with Crippen LogP contribution in [0.1, 0.15) is 86.2 Å². The number of aliphatic hydroxyl groups is 1. The second-order valence-electron chi connectivity index (χ2n) is 23.2. The summed E-state index contributed by atoms with van der Waals surface area (Å²) < 4.78 is 42.5. The van der Waals surface area contributed by atoms with Gasteiger partial charge in [0.25, 0.3) is 19.6 Å². The van der Waals surface area contributed by atoms with Gasteiger partial charge in [0.1, 0.15) is 12.7 Å². The van der Waals surface area contributed by atoms with Crippen LogP contribution in [0, 0.1) is 27.9 Å². The summed E-state index contributed by atoms with van der Waals surface area (Å²) in [4.78, 5) is 94.0. The summed E-state index contributed by atoms with van der Waals surface area (Å²) in [7, 11) is -3.00. The number of aromatic nitrogens is 6. The van der Waals surface area contributed by atoms with Crippen molar-refractivity contribution in [1.29, 1.82) is 0 Å². The SMILES string of the molecule is CC(C)C(=O)Nc1nc(OCCc2ccc([N+](=O)[O-])cc2)c2ncn([C@@H]3O[C@H](CCSC[C@H]4[C@@H](O)[C@H](n5ccc(=O)[nH]c5=O)O[C@@H]4CCO[Si](c4ccccc4)(c4ccccc4)C(C)(C)C)[C@@H](COC(=O)c4ccccc4)[C@H]3OC(=O)c3ccccc3)c2n1. The summed E-state index contributed by atoms with van der Waals surface area (Å²) in [6, 6.07) is 44.6. The average Bonchev–Trinajstić information content (AvgIpc) is 1.48. The molecule has 0 unspecified atom stereocenters. The van der Waals surface area contributed by atoms with Crippen molar-refractivity contribution in [1.82, 2.24) is 29.1 Å². The summed E-state index contributed by atoms with van der Waals surface area (Å²) in [5.74, 6) is -2.91. The molecule has 1 amide bonds. The van der Waals surface area contributed by atoms with Gasteiger partial charge in [0.2, 0.25) is 17.7 Å². The van der Waals surface area contributed by atoms with E-state index < -0.39 is 91.1 Å². The van der Waals surface area contributed by atoms with Gasteiger partial charge in [0.05, 0.1) is 47.1 Å². The van der Waals surface area contributed by atoms with E-state index >= 15 is 0 Å². The summed E-state index contributed by atoms with van der Waals surface area (Å²) in [6.45, 7) is 10.0. The number of non-ortho nitro benzene ring substituents is 1. The van der Waals surface area contributed by atoms with Gasteiger partial charge in [-0.2, -0.15) is 21.7 Å². The largest absolute Gasteiger partial charge is 0.476 e. The van der Waals surface area contributed by atoms with E-state index in [4.69, 9.17) is 38.1 Å². The predicted molar refractivity (Wildman–Crippen MR) is 336 cm³/mol. The topological polar surface area (TPSA) is 280 Å². The first-order valence-corrected chi connectivity index (χ1v) is 32.5. The van der Waals surface area contributed by atoms with E-state index in [0.717, 1.165) is 15.9 Å². The lowest BCUT2D eigenvalue weighted by atomic mass is 9.96. The number of carbonyl (C=O) groups is 3. The minimum Gasteiger partial charge on any atom is -0.476 e. The molecule has 3 N–H and O–H groups in total. The Kier molecular flexibility index (Phi) is 20.1. The second-order valence-corrected chi connectivity index (χ2v) is 28.6. The number of anilines is 1. The number of ether oxygens (including phenoxy) is 5. The molecule has 10 rings (SSSR count). The van der Waals surface area contributed by atoms with Gasteiger partial charge in [-0.1, -0.05) is 144 Å². The summed E-state index contributed by atoms with van der Waals surface area (Å²) in [5, 5.41) is 28.2. The van der Waals surface area contributed by atoms with Crippen molar-refractivity contribution in [3.8, 4) is 5.88 Å². The lowest BCUT2D eigenvalue weighted by Crippen LogP contribution is -2.66. The Labute approximate surface area is 518 Å². The van der Waals surface area contributed by atoms with Gasteiger partial charge in [-0.15, -0.1) is 0 Å². The van der Waals surface area contributed by atoms with Crippen LogP contribution in [0.25, 0.3) is 11.2 Å². The van der Waals surface area contributed by atoms with E-state index in [1.54, 1.807) is 91.2 Å². The summed E-state index contributed by atoms with van der Waals surface area (Å²) in [6.07, 6.45) is -2.39. The number of carbonyl (C=O) groups excluding carboxylic acids is 3. The van der Waals surface area contributed by atoms with Gasteiger partial charge in [0, 0.05) is 55.0 Å². The molecule has 0 spiro atoms. The summed E-state index contributed by atoms with van der Waals surface area (Å²) in [5.41, 5.74) is 0.227. The number of imidazole rings is 1. The van der Waals surface area contributed by atoms with Crippen LogP contribution in [0.5, 0.6) is 5.88 Å². The number of rotatable bonds is 25. The number of thioether (sulfide) groups is 1. The molecule has 5 aromatic carbocycles. The van der Waals surface area contributed by atoms with Gasteiger partial charge in [-0.05, 0) is 63.8 Å². The minimum atomic E-state index is -3.00. The first kappa shape index (κ1) is 63.4. The van der Waals surface area contributed by atoms with Crippen molar-refractivity contribution >= 4 is 71.1 Å². The molecule has 2 aliphatic heterocycles. The maximum atomic E-state index is 14.3. The fraction of sp³-hybridized carbons (Fsp3) is 0.354. The zero-order chi connectivity index (χ0) is 62.8. The first-order chi connectivity index (χ1) is 42.9. The van der Waals surface area contributed by atoms with Crippen molar-refractivity contribution in [2.45, 2.75) is 95.8 Å². The monoisotopic (exact) mass is 1250 g/mol. The van der Waals surface area contributed by atoms with Crippen LogP contribution < -0.4 is 31.7 Å². The van der Waals surface area contributed by atoms with Crippen molar-refractivity contribution in [3.05, 3.63) is 212 Å². The average molecular weight is 1250 g/mol. The van der Waals surface area contributed by atoms with E-state index in [0.29, 0.717) is 29.9 Å². The number of aliphatic hydroxyl groups excluding tert-OH is 1. The Morgan fingerprint density at radius 3 is 1.99 bits per heavy atom. The molecule has 0 saturated carbocycles. The minimum absolute atomic E-state index is 0.00504. The number of nitrogens with zero attached hydrogens (tertiary/aromatic N) is 6. The molecular formula is C65H70N8O14SSi. The normalized spacial score (nSPS) is 20.1. The Morgan fingerprint density at radius 1 is 0.775 bits per heavy atom. The molecule has 2 fully saturated rings. The molecule has 464 valence electrons. The third-order valence-corrected chi connectivity index (χ3v) is 22.2. The zero-order valence-corrected chi connectivity index (χ0v) is 51.6. The highest BCUT2D eigenvalue weighted by atomic mass is 32.2. The number of benzene rings is 5. The molecule has 22 nitrogen and oxygen atoms in total. The Hall–Kier alpha value is -8.65. The van der Waals surface area contributed by atoms with E-state index in [-0.39, 0.29) is 71.4 Å². The molecule has 2 saturated heterocycles. The quantitative estimate of drug-likeness (QED) is 0.0160. The maximum absolute atomic E-state index is 14.3. The highest BCUT2D eigenvalue weighted by molar-refractivity contribution is 7.99. The van der Waals surface area contributed by atoms with Gasteiger partial charge in [-0.3, -0.25) is 39.1 Å². The maximum Gasteiger partial charge on any atom is 0.338 e. The highest BCUT2D eigenvalue weighted by Crippen LogP contribution is 2.43. The molecule has 8 aromatic rings. The predicted octanol–water partition coefficient (Wildman–Crippen LogP) is 8.06. The molecule has 8 atom stereocenters. The Morgan fingerprint density at radius 2 is 1.38 bits per heavy atom. The lowest BCUT2D eigenvalue weighted by Gasteiger charge is -2.43. The molecule has 2 aliphatic rings. The molecule has 0 bridgehead atoms. The Balaban J connectivity index is 0.952. The third-order valence-electron chi connectivity index (χ3n) is 16.0. The van der Waals surface area contributed by atoms with E-state index in [9.17, 15) is 39.2 Å². The molecule has 0 aliphatic carbocycles. The molecule has 89 heavy (non-hydrogen) atoms. The fourth-order valence-electron chi connectivity index (χ4n) is 11.4. The first-order valence-electron chi connectivity index (χ1n) is 29.4. The fourth-order valence-corrected chi connectivity index (χ4v) is 17.2. The number of amides is 1. The van der Waals surface area contributed by atoms with Crippen LogP contribution in [-0.2, 0) is 34.6 Å². The number of nitrogens with one attached hydrogen (secondary N) is 2. The number of hydrogen-bond donors (Lipinski definition) is 3. The van der Waals surface area contributed by atoms with Crippen LogP contribution >= 0.6 is 11.8 Å². The van der Waals surface area contributed by atoms with Crippen molar-refractivity contribution in [3.63, 3.8) is 0 Å². The number of nitro benzene ring substituents is 1. The molecular weight excluding hydrogens is 1180 g/mol. The summed E-state index contributed by atoms with van der Waals surface area (Å²) >= 11 is 1.50. The number of fused-ring (bicyclic) bond motifs is 1. The Bertz CT molecular complexity index is 3820.